The molecule has 0 N–H and O–H groups in total. The van der Waals surface area contributed by atoms with Crippen LogP contribution in [0.5, 0.6) is 5.75 Å². The van der Waals surface area contributed by atoms with E-state index >= 15 is 0 Å². The van der Waals surface area contributed by atoms with E-state index in [2.05, 4.69) is 15.2 Å². The summed E-state index contributed by atoms with van der Waals surface area (Å²) < 4.78 is 18.2. The first-order chi connectivity index (χ1) is 7.70. The van der Waals surface area contributed by atoms with Gasteiger partial charge in [-0.15, -0.1) is 5.10 Å². The number of aromatic nitrogens is 3. The maximum atomic E-state index is 13.4. The molecule has 0 bridgehead atoms. The van der Waals surface area contributed by atoms with E-state index in [0.29, 0.717) is 11.3 Å². The van der Waals surface area contributed by atoms with Crippen molar-refractivity contribution in [1.29, 1.82) is 0 Å². The highest BCUT2D eigenvalue weighted by molar-refractivity contribution is 6.28. The van der Waals surface area contributed by atoms with Gasteiger partial charge in [0.1, 0.15) is 0 Å². The van der Waals surface area contributed by atoms with Crippen molar-refractivity contribution in [3.8, 4) is 17.0 Å². The molecule has 2 aromatic rings. The lowest BCUT2D eigenvalue weighted by Crippen LogP contribution is -1.92. The summed E-state index contributed by atoms with van der Waals surface area (Å²) in [5.41, 5.74) is 1.02. The summed E-state index contributed by atoms with van der Waals surface area (Å²) in [4.78, 5) is 3.92. The number of rotatable bonds is 2. The van der Waals surface area contributed by atoms with Crippen LogP contribution in [0.1, 0.15) is 0 Å². The zero-order valence-corrected chi connectivity index (χ0v) is 9.07. The molecule has 82 valence electrons. The third-order valence-corrected chi connectivity index (χ3v) is 2.14. The fraction of sp³-hybridized carbons (Fsp3) is 0.100. The van der Waals surface area contributed by atoms with Gasteiger partial charge in [-0.2, -0.15) is 5.10 Å². The van der Waals surface area contributed by atoms with Crippen molar-refractivity contribution in [2.75, 3.05) is 7.11 Å². The van der Waals surface area contributed by atoms with Gasteiger partial charge in [0.2, 0.25) is 5.28 Å². The fourth-order valence-corrected chi connectivity index (χ4v) is 1.38. The molecule has 0 saturated heterocycles. The minimum Gasteiger partial charge on any atom is -0.494 e. The lowest BCUT2D eigenvalue weighted by molar-refractivity contribution is 0.386. The Morgan fingerprint density at radius 2 is 2.19 bits per heavy atom. The Bertz CT molecular complexity index is 521. The quantitative estimate of drug-likeness (QED) is 0.807. The van der Waals surface area contributed by atoms with Crippen LogP contribution in [0.3, 0.4) is 0 Å². The molecule has 1 heterocycles. The second-order valence-electron chi connectivity index (χ2n) is 2.96. The van der Waals surface area contributed by atoms with Gasteiger partial charge in [-0.25, -0.2) is 9.37 Å². The Labute approximate surface area is 96.1 Å². The summed E-state index contributed by atoms with van der Waals surface area (Å²) in [6, 6.07) is 4.49. The normalized spacial score (nSPS) is 10.2. The molecule has 0 aliphatic heterocycles. The molecule has 1 aromatic heterocycles. The van der Waals surface area contributed by atoms with Crippen LogP contribution in [0.25, 0.3) is 11.3 Å². The summed E-state index contributed by atoms with van der Waals surface area (Å²) in [7, 11) is 1.40. The number of hydrogen-bond acceptors (Lipinski definition) is 4. The smallest absolute Gasteiger partial charge is 0.243 e. The van der Waals surface area contributed by atoms with Crippen LogP contribution in [0.4, 0.5) is 4.39 Å². The van der Waals surface area contributed by atoms with Crippen LogP contribution < -0.4 is 4.74 Å². The molecule has 0 radical (unpaired) electrons. The minimum absolute atomic E-state index is 0.0220. The third kappa shape index (κ3) is 2.09. The monoisotopic (exact) mass is 239 g/mol. The molecule has 0 unspecified atom stereocenters. The van der Waals surface area contributed by atoms with Crippen molar-refractivity contribution in [3.63, 3.8) is 0 Å². The summed E-state index contributed by atoms with van der Waals surface area (Å²) in [5, 5.41) is 7.16. The van der Waals surface area contributed by atoms with Gasteiger partial charge in [0.15, 0.2) is 11.6 Å². The molecule has 2 rings (SSSR count). The van der Waals surface area contributed by atoms with Gasteiger partial charge in [-0.3, -0.25) is 0 Å². The van der Waals surface area contributed by atoms with Crippen LogP contribution >= 0.6 is 11.6 Å². The Morgan fingerprint density at radius 3 is 2.81 bits per heavy atom. The average Bonchev–Trinajstić information content (AvgIpc) is 2.29. The highest BCUT2D eigenvalue weighted by atomic mass is 35.5. The molecule has 1 aromatic carbocycles. The molecule has 0 amide bonds. The van der Waals surface area contributed by atoms with E-state index in [1.165, 1.54) is 25.4 Å². The van der Waals surface area contributed by atoms with E-state index in [9.17, 15) is 4.39 Å². The maximum absolute atomic E-state index is 13.4. The Morgan fingerprint density at radius 1 is 1.38 bits per heavy atom. The number of nitrogens with zero attached hydrogens (tertiary/aromatic N) is 3. The summed E-state index contributed by atoms with van der Waals surface area (Å²) in [6.07, 6.45) is 1.41. The molecule has 0 aliphatic carbocycles. The predicted octanol–water partition coefficient (Wildman–Crippen LogP) is 2.34. The zero-order chi connectivity index (χ0) is 11.5. The molecule has 0 aliphatic rings. The van der Waals surface area contributed by atoms with Crippen molar-refractivity contribution >= 4 is 11.6 Å². The molecule has 0 saturated carbocycles. The second-order valence-corrected chi connectivity index (χ2v) is 3.30. The van der Waals surface area contributed by atoms with Crippen molar-refractivity contribution in [2.45, 2.75) is 0 Å². The first-order valence-corrected chi connectivity index (χ1v) is 4.77. The van der Waals surface area contributed by atoms with Crippen LogP contribution in [-0.4, -0.2) is 22.3 Å². The SMILES string of the molecule is COc1ccc(-c2cnnc(Cl)n2)cc1F. The van der Waals surface area contributed by atoms with Crippen LogP contribution in [0.15, 0.2) is 24.4 Å². The molecule has 6 heteroatoms. The van der Waals surface area contributed by atoms with Gasteiger partial charge < -0.3 is 4.74 Å². The van der Waals surface area contributed by atoms with Gasteiger partial charge in [0.05, 0.1) is 19.0 Å². The number of benzene rings is 1. The first-order valence-electron chi connectivity index (χ1n) is 4.40. The third-order valence-electron chi connectivity index (χ3n) is 1.98. The summed E-state index contributed by atoms with van der Waals surface area (Å²) >= 11 is 5.59. The Balaban J connectivity index is 2.45. The van der Waals surface area contributed by atoms with Crippen molar-refractivity contribution < 1.29 is 9.13 Å². The molecule has 4 nitrogen and oxygen atoms in total. The zero-order valence-electron chi connectivity index (χ0n) is 8.32. The maximum Gasteiger partial charge on any atom is 0.243 e. The average molecular weight is 240 g/mol. The van der Waals surface area contributed by atoms with Crippen molar-refractivity contribution in [3.05, 3.63) is 35.5 Å². The predicted molar refractivity (Wildman–Crippen MR) is 56.8 cm³/mol. The van der Waals surface area contributed by atoms with Gasteiger partial charge in [0.25, 0.3) is 0 Å². The molecule has 0 fully saturated rings. The first kappa shape index (κ1) is 10.8. The summed E-state index contributed by atoms with van der Waals surface area (Å²) in [5.74, 6) is -0.286. The van der Waals surface area contributed by atoms with Gasteiger partial charge >= 0.3 is 0 Å². The lowest BCUT2D eigenvalue weighted by atomic mass is 10.1. The number of halogens is 2. The minimum atomic E-state index is -0.463. The van der Waals surface area contributed by atoms with Gasteiger partial charge in [-0.05, 0) is 29.8 Å². The van der Waals surface area contributed by atoms with E-state index in [0.717, 1.165) is 0 Å². The molecule has 0 spiro atoms. The number of methoxy groups -OCH3 is 1. The van der Waals surface area contributed by atoms with E-state index in [-0.39, 0.29) is 11.0 Å². The van der Waals surface area contributed by atoms with Crippen LogP contribution in [0.2, 0.25) is 5.28 Å². The number of ether oxygens (including phenoxy) is 1. The lowest BCUT2D eigenvalue weighted by Gasteiger charge is -2.04. The van der Waals surface area contributed by atoms with E-state index in [1.54, 1.807) is 6.07 Å². The highest BCUT2D eigenvalue weighted by Crippen LogP contribution is 2.23. The Hall–Kier alpha value is -1.75. The molecular formula is C10H7ClFN3O. The van der Waals surface area contributed by atoms with Gasteiger partial charge in [-0.1, -0.05) is 0 Å². The second kappa shape index (κ2) is 4.40. The standard InChI is InChI=1S/C10H7ClFN3O/c1-16-9-3-2-6(4-7(9)12)8-5-13-15-10(11)14-8/h2-5H,1H3. The van der Waals surface area contributed by atoms with Gasteiger partial charge in [0, 0.05) is 5.56 Å². The van der Waals surface area contributed by atoms with Crippen LogP contribution in [0, 0.1) is 5.82 Å². The van der Waals surface area contributed by atoms with E-state index in [4.69, 9.17) is 16.3 Å². The van der Waals surface area contributed by atoms with E-state index in [1.807, 2.05) is 0 Å². The van der Waals surface area contributed by atoms with Crippen molar-refractivity contribution in [2.24, 2.45) is 0 Å². The molecular weight excluding hydrogens is 233 g/mol. The van der Waals surface area contributed by atoms with Crippen molar-refractivity contribution in [1.82, 2.24) is 15.2 Å². The fourth-order valence-electron chi connectivity index (χ4n) is 1.25. The largest absolute Gasteiger partial charge is 0.494 e. The molecule has 16 heavy (non-hydrogen) atoms. The number of hydrogen-bond donors (Lipinski definition) is 0. The Kier molecular flexibility index (Phi) is 2.96. The van der Waals surface area contributed by atoms with Crippen LogP contribution in [-0.2, 0) is 0 Å². The molecule has 0 atom stereocenters. The highest BCUT2D eigenvalue weighted by Gasteiger charge is 2.07. The topological polar surface area (TPSA) is 47.9 Å². The summed E-state index contributed by atoms with van der Waals surface area (Å²) in [6.45, 7) is 0. The van der Waals surface area contributed by atoms with E-state index < -0.39 is 5.82 Å².